The minimum absolute atomic E-state index is 0.497. The molecule has 0 aromatic carbocycles. The van der Waals surface area contributed by atoms with E-state index in [0.717, 1.165) is 6.04 Å². The van der Waals surface area contributed by atoms with Gasteiger partial charge in [-0.15, -0.1) is 0 Å². The molecule has 3 fully saturated rings. The van der Waals surface area contributed by atoms with Crippen LogP contribution in [0.25, 0.3) is 0 Å². The second-order valence-electron chi connectivity index (χ2n) is 7.76. The molecule has 0 radical (unpaired) electrons. The van der Waals surface area contributed by atoms with Crippen molar-refractivity contribution >= 4 is 0 Å². The first-order chi connectivity index (χ1) is 10.3. The number of hydrogen-bond donors (Lipinski definition) is 1. The molecule has 0 spiro atoms. The molecule has 1 aromatic heterocycles. The van der Waals surface area contributed by atoms with Crippen LogP contribution in [0.2, 0.25) is 0 Å². The van der Waals surface area contributed by atoms with E-state index in [1.54, 1.807) is 0 Å². The molecule has 0 saturated heterocycles. The first-order valence-corrected chi connectivity index (χ1v) is 9.11. The van der Waals surface area contributed by atoms with Gasteiger partial charge >= 0.3 is 0 Å². The van der Waals surface area contributed by atoms with Crippen LogP contribution in [0, 0.1) is 5.41 Å². The number of nitrogens with zero attached hydrogens (tertiary/aromatic N) is 2. The zero-order valence-electron chi connectivity index (χ0n) is 13.2. The maximum atomic E-state index is 4.93. The summed E-state index contributed by atoms with van der Waals surface area (Å²) in [5, 5.41) is 8.72. The Kier molecular flexibility index (Phi) is 3.78. The van der Waals surface area contributed by atoms with Gasteiger partial charge in [0, 0.05) is 18.8 Å². The summed E-state index contributed by atoms with van der Waals surface area (Å²) >= 11 is 0. The highest BCUT2D eigenvalue weighted by molar-refractivity contribution is 5.06. The Morgan fingerprint density at radius 2 is 1.86 bits per heavy atom. The molecular formula is C18H29N3. The van der Waals surface area contributed by atoms with Crippen LogP contribution in [0.3, 0.4) is 0 Å². The summed E-state index contributed by atoms with van der Waals surface area (Å²) in [7, 11) is 0. The molecular weight excluding hydrogens is 258 g/mol. The van der Waals surface area contributed by atoms with Gasteiger partial charge in [-0.25, -0.2) is 0 Å². The average molecular weight is 287 g/mol. The first kappa shape index (κ1) is 13.8. The second kappa shape index (κ2) is 5.75. The maximum absolute atomic E-state index is 4.93. The van der Waals surface area contributed by atoms with Gasteiger partial charge in [0.25, 0.3) is 0 Å². The first-order valence-electron chi connectivity index (χ1n) is 9.11. The van der Waals surface area contributed by atoms with Crippen molar-refractivity contribution in [3.8, 4) is 0 Å². The van der Waals surface area contributed by atoms with Crippen molar-refractivity contribution in [3.05, 3.63) is 18.0 Å². The highest BCUT2D eigenvalue weighted by atomic mass is 15.3. The van der Waals surface area contributed by atoms with E-state index in [9.17, 15) is 0 Å². The molecule has 1 aromatic rings. The van der Waals surface area contributed by atoms with Crippen molar-refractivity contribution in [1.29, 1.82) is 0 Å². The quantitative estimate of drug-likeness (QED) is 0.861. The van der Waals surface area contributed by atoms with Crippen molar-refractivity contribution in [3.63, 3.8) is 0 Å². The van der Waals surface area contributed by atoms with Gasteiger partial charge in [0.05, 0.1) is 11.7 Å². The summed E-state index contributed by atoms with van der Waals surface area (Å²) in [6.45, 7) is 1.22. The van der Waals surface area contributed by atoms with Crippen molar-refractivity contribution in [2.24, 2.45) is 5.41 Å². The normalized spacial score (nSPS) is 25.7. The monoisotopic (exact) mass is 287 g/mol. The summed E-state index contributed by atoms with van der Waals surface area (Å²) in [5.74, 6) is 0. The molecule has 0 unspecified atom stereocenters. The Hall–Kier alpha value is -0.830. The maximum Gasteiger partial charge on any atom is 0.0630 e. The van der Waals surface area contributed by atoms with Crippen LogP contribution < -0.4 is 5.32 Å². The third-order valence-corrected chi connectivity index (χ3v) is 5.93. The predicted octanol–water partition coefficient (Wildman–Crippen LogP) is 3.85. The Balaban J connectivity index is 1.42. The van der Waals surface area contributed by atoms with Crippen LogP contribution in [0.1, 0.15) is 75.9 Å². The van der Waals surface area contributed by atoms with Crippen LogP contribution in [0.5, 0.6) is 0 Å². The lowest BCUT2D eigenvalue weighted by atomic mass is 9.81. The van der Waals surface area contributed by atoms with E-state index in [-0.39, 0.29) is 0 Å². The number of aromatic nitrogens is 2. The van der Waals surface area contributed by atoms with Gasteiger partial charge in [-0.3, -0.25) is 4.68 Å². The second-order valence-corrected chi connectivity index (χ2v) is 7.76. The minimum atomic E-state index is 0.497. The standard InChI is InChI=1S/C18H29N3/c1-2-6-17(5-1)21-12-9-16(20-21)13-18(10-3-4-11-18)14-19-15-7-8-15/h9,12,15,17,19H,1-8,10-11,13-14H2. The zero-order valence-corrected chi connectivity index (χ0v) is 13.2. The summed E-state index contributed by atoms with van der Waals surface area (Å²) in [4.78, 5) is 0. The SMILES string of the molecule is c1cn(C2CCCC2)nc1CC1(CNC2CC2)CCCC1. The van der Waals surface area contributed by atoms with E-state index < -0.39 is 0 Å². The zero-order chi connectivity index (χ0) is 14.1. The lowest BCUT2D eigenvalue weighted by Crippen LogP contribution is -2.35. The van der Waals surface area contributed by atoms with E-state index in [1.807, 2.05) is 0 Å². The van der Waals surface area contributed by atoms with Gasteiger partial charge in [-0.1, -0.05) is 25.7 Å². The van der Waals surface area contributed by atoms with Gasteiger partial charge in [-0.05, 0) is 56.4 Å². The van der Waals surface area contributed by atoms with E-state index >= 15 is 0 Å². The fourth-order valence-corrected chi connectivity index (χ4v) is 4.42. The van der Waals surface area contributed by atoms with Crippen LogP contribution in [-0.4, -0.2) is 22.4 Å². The van der Waals surface area contributed by atoms with Gasteiger partial charge < -0.3 is 5.32 Å². The molecule has 3 nitrogen and oxygen atoms in total. The Morgan fingerprint density at radius 1 is 1.10 bits per heavy atom. The number of nitrogens with one attached hydrogen (secondary N) is 1. The van der Waals surface area contributed by atoms with E-state index in [1.165, 1.54) is 82.9 Å². The number of rotatable bonds is 6. The average Bonchev–Trinajstić information content (AvgIpc) is 2.92. The summed E-state index contributed by atoms with van der Waals surface area (Å²) in [6.07, 6.45) is 17.3. The van der Waals surface area contributed by atoms with Gasteiger partial charge in [0.1, 0.15) is 0 Å². The van der Waals surface area contributed by atoms with Crippen molar-refractivity contribution in [1.82, 2.24) is 15.1 Å². The summed E-state index contributed by atoms with van der Waals surface area (Å²) < 4.78 is 2.26. The molecule has 116 valence electrons. The molecule has 0 aliphatic heterocycles. The third kappa shape index (κ3) is 3.18. The molecule has 3 aliphatic rings. The third-order valence-electron chi connectivity index (χ3n) is 5.93. The molecule has 1 N–H and O–H groups in total. The lowest BCUT2D eigenvalue weighted by molar-refractivity contribution is 0.272. The molecule has 4 rings (SSSR count). The highest BCUT2D eigenvalue weighted by Gasteiger charge is 2.36. The predicted molar refractivity (Wildman–Crippen MR) is 85.4 cm³/mol. The summed E-state index contributed by atoms with van der Waals surface area (Å²) in [6, 6.07) is 3.80. The lowest BCUT2D eigenvalue weighted by Gasteiger charge is -2.28. The van der Waals surface area contributed by atoms with Crippen molar-refractivity contribution in [2.45, 2.75) is 82.7 Å². The van der Waals surface area contributed by atoms with Crippen LogP contribution in [0.4, 0.5) is 0 Å². The van der Waals surface area contributed by atoms with Crippen LogP contribution in [0.15, 0.2) is 12.3 Å². The van der Waals surface area contributed by atoms with Gasteiger partial charge in [0.15, 0.2) is 0 Å². The minimum Gasteiger partial charge on any atom is -0.313 e. The number of hydrogen-bond acceptors (Lipinski definition) is 2. The van der Waals surface area contributed by atoms with E-state index in [2.05, 4.69) is 22.3 Å². The molecule has 0 bridgehead atoms. The molecule has 3 heteroatoms. The van der Waals surface area contributed by atoms with Crippen LogP contribution >= 0.6 is 0 Å². The Labute approximate surface area is 128 Å². The molecule has 3 aliphatic carbocycles. The largest absolute Gasteiger partial charge is 0.313 e. The molecule has 0 amide bonds. The fraction of sp³-hybridized carbons (Fsp3) is 0.833. The fourth-order valence-electron chi connectivity index (χ4n) is 4.42. The summed E-state index contributed by atoms with van der Waals surface area (Å²) in [5.41, 5.74) is 1.83. The van der Waals surface area contributed by atoms with E-state index in [0.29, 0.717) is 11.5 Å². The van der Waals surface area contributed by atoms with E-state index in [4.69, 9.17) is 5.10 Å². The van der Waals surface area contributed by atoms with Gasteiger partial charge in [0.2, 0.25) is 0 Å². The van der Waals surface area contributed by atoms with Crippen LogP contribution in [-0.2, 0) is 6.42 Å². The topological polar surface area (TPSA) is 29.9 Å². The highest BCUT2D eigenvalue weighted by Crippen LogP contribution is 2.41. The molecule has 0 atom stereocenters. The molecule has 1 heterocycles. The smallest absolute Gasteiger partial charge is 0.0630 e. The Bertz CT molecular complexity index is 463. The van der Waals surface area contributed by atoms with Crippen molar-refractivity contribution in [2.75, 3.05) is 6.54 Å². The molecule has 21 heavy (non-hydrogen) atoms. The van der Waals surface area contributed by atoms with Gasteiger partial charge in [-0.2, -0.15) is 5.10 Å². The molecule has 3 saturated carbocycles. The Morgan fingerprint density at radius 3 is 2.57 bits per heavy atom. The van der Waals surface area contributed by atoms with Crippen molar-refractivity contribution < 1.29 is 0 Å².